The minimum Gasteiger partial charge on any atom is -0.450 e. The van der Waals surface area contributed by atoms with E-state index in [0.29, 0.717) is 18.6 Å². The molecule has 0 atom stereocenters. The lowest BCUT2D eigenvalue weighted by Gasteiger charge is -2.41. The number of carbonyl (C=O) groups excluding carboxylic acids is 1. The molecule has 2 aromatic rings. The van der Waals surface area contributed by atoms with E-state index in [1.165, 1.54) is 29.3 Å². The van der Waals surface area contributed by atoms with Crippen molar-refractivity contribution < 1.29 is 9.53 Å². The van der Waals surface area contributed by atoms with Crippen LogP contribution >= 0.6 is 11.6 Å². The standard InChI is InChI=1S/C22H30ClN3O2/c1-3-28-22(27)26-12-8-18(9-13-26)25-10-6-16(7-11-25)20-15-24(2)21-5-4-17(23)14-19(20)21/h4-5,14-16,18H,3,6-13H2,1-2H3. The monoisotopic (exact) mass is 403 g/mol. The quantitative estimate of drug-likeness (QED) is 0.749. The average Bonchev–Trinajstić information content (AvgIpc) is 3.04. The molecule has 5 nitrogen and oxygen atoms in total. The van der Waals surface area contributed by atoms with Gasteiger partial charge in [-0.1, -0.05) is 11.6 Å². The maximum atomic E-state index is 11.9. The SMILES string of the molecule is CCOC(=O)N1CCC(N2CCC(c3cn(C)c4ccc(Cl)cc34)CC2)CC1. The van der Waals surface area contributed by atoms with E-state index in [1.54, 1.807) is 0 Å². The highest BCUT2D eigenvalue weighted by Gasteiger charge is 2.31. The number of ether oxygens (including phenoxy) is 1. The van der Waals surface area contributed by atoms with Crippen LogP contribution in [0.15, 0.2) is 24.4 Å². The average molecular weight is 404 g/mol. The van der Waals surface area contributed by atoms with Crippen molar-refractivity contribution in [3.05, 3.63) is 35.0 Å². The van der Waals surface area contributed by atoms with Crippen molar-refractivity contribution in [3.63, 3.8) is 0 Å². The molecule has 28 heavy (non-hydrogen) atoms. The minimum atomic E-state index is -0.158. The normalized spacial score (nSPS) is 20.0. The molecule has 1 aromatic carbocycles. The number of aromatic nitrogens is 1. The fourth-order valence-corrected chi connectivity index (χ4v) is 5.10. The van der Waals surface area contributed by atoms with Crippen LogP contribution in [-0.2, 0) is 11.8 Å². The Morgan fingerprint density at radius 3 is 2.54 bits per heavy atom. The van der Waals surface area contributed by atoms with Crippen molar-refractivity contribution in [2.24, 2.45) is 7.05 Å². The van der Waals surface area contributed by atoms with Crippen LogP contribution in [0.25, 0.3) is 10.9 Å². The molecule has 0 bridgehead atoms. The Hall–Kier alpha value is -1.72. The van der Waals surface area contributed by atoms with Gasteiger partial charge in [0.05, 0.1) is 6.61 Å². The predicted octanol–water partition coefficient (Wildman–Crippen LogP) is 4.63. The second-order valence-corrected chi connectivity index (χ2v) is 8.52. The second kappa shape index (κ2) is 8.34. The molecule has 6 heteroatoms. The molecule has 0 aliphatic carbocycles. The fourth-order valence-electron chi connectivity index (χ4n) is 4.92. The largest absolute Gasteiger partial charge is 0.450 e. The number of fused-ring (bicyclic) bond motifs is 1. The van der Waals surface area contributed by atoms with E-state index >= 15 is 0 Å². The number of aryl methyl sites for hydroxylation is 1. The Kier molecular flexibility index (Phi) is 5.83. The molecule has 2 fully saturated rings. The third-order valence-electron chi connectivity index (χ3n) is 6.46. The van der Waals surface area contributed by atoms with Gasteiger partial charge in [0.15, 0.2) is 0 Å². The molecule has 0 radical (unpaired) electrons. The lowest BCUT2D eigenvalue weighted by molar-refractivity contribution is 0.0663. The van der Waals surface area contributed by atoms with Gasteiger partial charge in [-0.2, -0.15) is 0 Å². The van der Waals surface area contributed by atoms with Crippen molar-refractivity contribution in [1.82, 2.24) is 14.4 Å². The van der Waals surface area contributed by atoms with Gasteiger partial charge < -0.3 is 19.1 Å². The van der Waals surface area contributed by atoms with Crippen molar-refractivity contribution in [2.45, 2.75) is 44.6 Å². The molecule has 0 saturated carbocycles. The van der Waals surface area contributed by atoms with Gasteiger partial charge in [0.2, 0.25) is 0 Å². The van der Waals surface area contributed by atoms with Crippen LogP contribution in [-0.4, -0.2) is 59.3 Å². The Balaban J connectivity index is 1.36. The van der Waals surface area contributed by atoms with Crippen LogP contribution in [0.3, 0.4) is 0 Å². The van der Waals surface area contributed by atoms with Gasteiger partial charge in [0.25, 0.3) is 0 Å². The molecule has 152 valence electrons. The van der Waals surface area contributed by atoms with Gasteiger partial charge in [-0.05, 0) is 75.4 Å². The topological polar surface area (TPSA) is 37.7 Å². The summed E-state index contributed by atoms with van der Waals surface area (Å²) < 4.78 is 7.35. The molecule has 1 amide bonds. The zero-order valence-electron chi connectivity index (χ0n) is 16.9. The number of rotatable bonds is 3. The van der Waals surface area contributed by atoms with Crippen LogP contribution < -0.4 is 0 Å². The molecular weight excluding hydrogens is 374 g/mol. The third-order valence-corrected chi connectivity index (χ3v) is 6.69. The summed E-state index contributed by atoms with van der Waals surface area (Å²) in [4.78, 5) is 16.4. The Morgan fingerprint density at radius 1 is 1.14 bits per heavy atom. The zero-order chi connectivity index (χ0) is 19.7. The number of halogens is 1. The number of likely N-dealkylation sites (tertiary alicyclic amines) is 2. The first-order valence-electron chi connectivity index (χ1n) is 10.5. The van der Waals surface area contributed by atoms with Gasteiger partial charge in [0.1, 0.15) is 0 Å². The minimum absolute atomic E-state index is 0.158. The molecule has 2 aliphatic rings. The van der Waals surface area contributed by atoms with Crippen molar-refractivity contribution in [1.29, 1.82) is 0 Å². The molecule has 0 spiro atoms. The van der Waals surface area contributed by atoms with Crippen molar-refractivity contribution >= 4 is 28.6 Å². The van der Waals surface area contributed by atoms with Crippen LogP contribution in [0.4, 0.5) is 4.79 Å². The highest BCUT2D eigenvalue weighted by Crippen LogP contribution is 2.36. The smallest absolute Gasteiger partial charge is 0.409 e. The highest BCUT2D eigenvalue weighted by molar-refractivity contribution is 6.31. The maximum absolute atomic E-state index is 11.9. The van der Waals surface area contributed by atoms with E-state index < -0.39 is 0 Å². The van der Waals surface area contributed by atoms with Crippen LogP contribution in [0.1, 0.15) is 44.1 Å². The summed E-state index contributed by atoms with van der Waals surface area (Å²) in [5, 5.41) is 2.11. The van der Waals surface area contributed by atoms with Gasteiger partial charge in [0, 0.05) is 48.3 Å². The molecule has 1 aromatic heterocycles. The highest BCUT2D eigenvalue weighted by atomic mass is 35.5. The van der Waals surface area contributed by atoms with E-state index in [0.717, 1.165) is 44.0 Å². The Labute approximate surface area is 172 Å². The first-order chi connectivity index (χ1) is 13.6. The first kappa shape index (κ1) is 19.6. The Bertz CT molecular complexity index is 834. The number of carbonyl (C=O) groups is 1. The molecule has 4 rings (SSSR count). The van der Waals surface area contributed by atoms with Crippen LogP contribution in [0.2, 0.25) is 5.02 Å². The number of hydrogen-bond donors (Lipinski definition) is 0. The predicted molar refractivity (Wildman–Crippen MR) is 113 cm³/mol. The van der Waals surface area contributed by atoms with E-state index in [1.807, 2.05) is 17.9 Å². The lowest BCUT2D eigenvalue weighted by atomic mass is 9.88. The number of amides is 1. The second-order valence-electron chi connectivity index (χ2n) is 8.08. The molecule has 3 heterocycles. The molecule has 2 aliphatic heterocycles. The van der Waals surface area contributed by atoms with Gasteiger partial charge in [-0.25, -0.2) is 4.79 Å². The first-order valence-corrected chi connectivity index (χ1v) is 10.8. The van der Waals surface area contributed by atoms with E-state index in [-0.39, 0.29) is 6.09 Å². The number of nitrogens with zero attached hydrogens (tertiary/aromatic N) is 3. The molecule has 0 unspecified atom stereocenters. The van der Waals surface area contributed by atoms with Gasteiger partial charge in [-0.3, -0.25) is 0 Å². The number of piperidine rings is 2. The summed E-state index contributed by atoms with van der Waals surface area (Å²) in [5.41, 5.74) is 2.70. The molecule has 0 N–H and O–H groups in total. The van der Waals surface area contributed by atoms with Gasteiger partial charge in [-0.15, -0.1) is 0 Å². The summed E-state index contributed by atoms with van der Waals surface area (Å²) in [5.74, 6) is 0.595. The van der Waals surface area contributed by atoms with Crippen LogP contribution in [0, 0.1) is 0 Å². The summed E-state index contributed by atoms with van der Waals surface area (Å²) in [6, 6.07) is 6.80. The summed E-state index contributed by atoms with van der Waals surface area (Å²) in [7, 11) is 2.12. The van der Waals surface area contributed by atoms with Gasteiger partial charge >= 0.3 is 6.09 Å². The summed E-state index contributed by atoms with van der Waals surface area (Å²) in [6.07, 6.45) is 6.60. The number of benzene rings is 1. The van der Waals surface area contributed by atoms with E-state index in [2.05, 4.69) is 34.8 Å². The van der Waals surface area contributed by atoms with Crippen molar-refractivity contribution in [2.75, 3.05) is 32.8 Å². The Morgan fingerprint density at radius 2 is 1.86 bits per heavy atom. The fraction of sp³-hybridized carbons (Fsp3) is 0.591. The lowest BCUT2D eigenvalue weighted by Crippen LogP contribution is -2.48. The summed E-state index contributed by atoms with van der Waals surface area (Å²) >= 11 is 6.26. The third kappa shape index (κ3) is 3.87. The van der Waals surface area contributed by atoms with E-state index in [9.17, 15) is 4.79 Å². The molecular formula is C22H30ClN3O2. The summed E-state index contributed by atoms with van der Waals surface area (Å²) in [6.45, 7) is 6.19. The van der Waals surface area contributed by atoms with Crippen LogP contribution in [0.5, 0.6) is 0 Å². The zero-order valence-corrected chi connectivity index (χ0v) is 17.6. The van der Waals surface area contributed by atoms with Crippen molar-refractivity contribution in [3.8, 4) is 0 Å². The maximum Gasteiger partial charge on any atom is 0.409 e. The number of hydrogen-bond acceptors (Lipinski definition) is 3. The molecule has 2 saturated heterocycles. The van der Waals surface area contributed by atoms with E-state index in [4.69, 9.17) is 16.3 Å².